The number of hydrogen-bond acceptors (Lipinski definition) is 5. The molecule has 5 nitrogen and oxygen atoms in total. The number of fused-ring (bicyclic) bond motifs is 2. The molecule has 1 aromatic heterocycles. The molecular formula is C18H16ClN3O2. The topological polar surface area (TPSA) is 70.1 Å². The lowest BCUT2D eigenvalue weighted by molar-refractivity contribution is 0.0914. The first-order chi connectivity index (χ1) is 11.7. The molecule has 0 aliphatic carbocycles. The summed E-state index contributed by atoms with van der Waals surface area (Å²) in [5.41, 5.74) is 1.42. The highest BCUT2D eigenvalue weighted by molar-refractivity contribution is 6.30. The highest BCUT2D eigenvalue weighted by Crippen LogP contribution is 2.43. The fraction of sp³-hybridized carbons (Fsp3) is 0.389. The lowest BCUT2D eigenvalue weighted by atomic mass is 9.85. The molecule has 3 heterocycles. The van der Waals surface area contributed by atoms with Gasteiger partial charge in [-0.3, -0.25) is 4.79 Å². The predicted octanol–water partition coefficient (Wildman–Crippen LogP) is 3.90. The number of ketones is 1. The summed E-state index contributed by atoms with van der Waals surface area (Å²) in [6, 6.07) is 9.47. The summed E-state index contributed by atoms with van der Waals surface area (Å²) < 4.78 is 5.24. The highest BCUT2D eigenvalue weighted by Gasteiger charge is 2.46. The van der Waals surface area contributed by atoms with Crippen LogP contribution >= 0.6 is 11.6 Å². The fourth-order valence-corrected chi connectivity index (χ4v) is 4.21. The van der Waals surface area contributed by atoms with Crippen molar-refractivity contribution in [2.75, 3.05) is 0 Å². The van der Waals surface area contributed by atoms with Gasteiger partial charge in [0.05, 0.1) is 0 Å². The minimum absolute atomic E-state index is 0.0498. The van der Waals surface area contributed by atoms with Crippen LogP contribution in [0.15, 0.2) is 34.9 Å². The summed E-state index contributed by atoms with van der Waals surface area (Å²) in [5, 5.41) is 13.8. The van der Waals surface area contributed by atoms with Crippen LogP contribution in [0, 0.1) is 17.4 Å². The molecule has 0 N–H and O–H groups in total. The van der Waals surface area contributed by atoms with Gasteiger partial charge < -0.3 is 9.42 Å². The lowest BCUT2D eigenvalue weighted by Gasteiger charge is -2.19. The van der Waals surface area contributed by atoms with Crippen molar-refractivity contribution in [2.24, 2.45) is 5.92 Å². The number of halogens is 1. The van der Waals surface area contributed by atoms with Gasteiger partial charge in [-0.05, 0) is 37.3 Å². The van der Waals surface area contributed by atoms with Crippen molar-refractivity contribution in [1.29, 1.82) is 5.26 Å². The van der Waals surface area contributed by atoms with Gasteiger partial charge in [0.25, 0.3) is 0 Å². The van der Waals surface area contributed by atoms with Crippen LogP contribution in [0.3, 0.4) is 0 Å². The number of nitrogens with zero attached hydrogens (tertiary/aromatic N) is 3. The molecule has 3 unspecified atom stereocenters. The van der Waals surface area contributed by atoms with Crippen molar-refractivity contribution in [3.05, 3.63) is 41.1 Å². The van der Waals surface area contributed by atoms with Crippen LogP contribution in [-0.4, -0.2) is 27.9 Å². The molecule has 0 amide bonds. The zero-order chi connectivity index (χ0) is 16.7. The second-order valence-electron chi connectivity index (χ2n) is 6.52. The Morgan fingerprint density at radius 2 is 2.29 bits per heavy atom. The summed E-state index contributed by atoms with van der Waals surface area (Å²) in [6.07, 6.45) is 5.66. The number of Topliss-reactive ketones (excluding diaryl/α,β-unsaturated/α-hetero) is 1. The van der Waals surface area contributed by atoms with E-state index in [4.69, 9.17) is 16.1 Å². The molecule has 2 aromatic rings. The van der Waals surface area contributed by atoms with Gasteiger partial charge in [-0.15, -0.1) is 0 Å². The van der Waals surface area contributed by atoms with Crippen LogP contribution < -0.4 is 0 Å². The predicted molar refractivity (Wildman–Crippen MR) is 88.3 cm³/mol. The third-order valence-corrected chi connectivity index (χ3v) is 5.37. The van der Waals surface area contributed by atoms with Crippen LogP contribution in [-0.2, 0) is 0 Å². The van der Waals surface area contributed by atoms with Gasteiger partial charge in [0.1, 0.15) is 5.69 Å². The van der Waals surface area contributed by atoms with Crippen molar-refractivity contribution in [2.45, 2.75) is 37.8 Å². The van der Waals surface area contributed by atoms with Gasteiger partial charge in [-0.25, -0.2) is 0 Å². The second-order valence-corrected chi connectivity index (χ2v) is 6.95. The number of aromatic nitrogens is 1. The van der Waals surface area contributed by atoms with E-state index in [1.54, 1.807) is 18.2 Å². The molecule has 0 spiro atoms. The Morgan fingerprint density at radius 3 is 3.04 bits per heavy atom. The van der Waals surface area contributed by atoms with E-state index in [0.717, 1.165) is 24.8 Å². The molecule has 122 valence electrons. The van der Waals surface area contributed by atoms with Crippen LogP contribution in [0.1, 0.15) is 36.2 Å². The van der Waals surface area contributed by atoms with Crippen LogP contribution in [0.25, 0.3) is 11.3 Å². The summed E-state index contributed by atoms with van der Waals surface area (Å²) in [7, 11) is 0. The maximum atomic E-state index is 12.5. The molecule has 3 atom stereocenters. The van der Waals surface area contributed by atoms with Crippen LogP contribution in [0.4, 0.5) is 0 Å². The SMILES string of the molecule is N#CN1C2CCC1C(CC(=O)c1cc(-c3cccc(Cl)c3)no1)C2. The third-order valence-electron chi connectivity index (χ3n) is 5.13. The summed E-state index contributed by atoms with van der Waals surface area (Å²) in [5.74, 6) is 0.457. The van der Waals surface area contributed by atoms with E-state index < -0.39 is 0 Å². The summed E-state index contributed by atoms with van der Waals surface area (Å²) in [4.78, 5) is 14.4. The Kier molecular flexibility index (Phi) is 3.78. The average Bonchev–Trinajstić information content (AvgIpc) is 3.28. The number of benzene rings is 1. The van der Waals surface area contributed by atoms with Gasteiger partial charge in [-0.1, -0.05) is 28.9 Å². The average molecular weight is 342 g/mol. The van der Waals surface area contributed by atoms with Crippen molar-refractivity contribution in [3.8, 4) is 17.5 Å². The van der Waals surface area contributed by atoms with E-state index >= 15 is 0 Å². The Morgan fingerprint density at radius 1 is 1.42 bits per heavy atom. The van der Waals surface area contributed by atoms with Crippen molar-refractivity contribution < 1.29 is 9.32 Å². The number of carbonyl (C=O) groups excluding carboxylic acids is 1. The van der Waals surface area contributed by atoms with Crippen molar-refractivity contribution in [1.82, 2.24) is 10.1 Å². The van der Waals surface area contributed by atoms with Crippen LogP contribution in [0.2, 0.25) is 5.02 Å². The molecule has 0 saturated carbocycles. The van der Waals surface area contributed by atoms with E-state index in [0.29, 0.717) is 23.2 Å². The van der Waals surface area contributed by atoms with E-state index in [1.807, 2.05) is 17.0 Å². The summed E-state index contributed by atoms with van der Waals surface area (Å²) >= 11 is 5.98. The maximum absolute atomic E-state index is 12.5. The molecule has 1 aromatic carbocycles. The number of hydrogen-bond donors (Lipinski definition) is 0. The Balaban J connectivity index is 1.48. The molecule has 2 aliphatic rings. The fourth-order valence-electron chi connectivity index (χ4n) is 4.02. The standard InChI is InChI=1S/C18H16ClN3O2/c19-13-3-1-2-11(6-13)15-9-18(24-21-15)17(23)8-12-7-14-4-5-16(12)22(14)10-20/h1-3,6,9,12,14,16H,4-5,7-8H2. The van der Waals surface area contributed by atoms with Gasteiger partial charge >= 0.3 is 0 Å². The Bertz CT molecular complexity index is 826. The first kappa shape index (κ1) is 15.2. The molecule has 2 aliphatic heterocycles. The number of nitriles is 1. The second kappa shape index (κ2) is 5.95. The van der Waals surface area contributed by atoms with E-state index in [-0.39, 0.29) is 23.5 Å². The van der Waals surface area contributed by atoms with E-state index in [9.17, 15) is 10.1 Å². The van der Waals surface area contributed by atoms with Gasteiger partial charge in [0.15, 0.2) is 6.19 Å². The molecule has 24 heavy (non-hydrogen) atoms. The molecule has 0 radical (unpaired) electrons. The number of carbonyl (C=O) groups is 1. The van der Waals surface area contributed by atoms with Gasteiger partial charge in [-0.2, -0.15) is 5.26 Å². The highest BCUT2D eigenvalue weighted by atomic mass is 35.5. The minimum atomic E-state index is -0.0498. The third kappa shape index (κ3) is 2.57. The maximum Gasteiger partial charge on any atom is 0.203 e. The molecular weight excluding hydrogens is 326 g/mol. The first-order valence-electron chi connectivity index (χ1n) is 8.09. The molecule has 2 fully saturated rings. The Hall–Kier alpha value is -2.32. The van der Waals surface area contributed by atoms with Crippen LogP contribution in [0.5, 0.6) is 0 Å². The molecule has 6 heteroatoms. The van der Waals surface area contributed by atoms with Gasteiger partial charge in [0, 0.05) is 35.2 Å². The first-order valence-corrected chi connectivity index (χ1v) is 8.47. The van der Waals surface area contributed by atoms with E-state index in [1.165, 1.54) is 0 Å². The lowest BCUT2D eigenvalue weighted by Crippen LogP contribution is -2.26. The normalized spacial score (nSPS) is 25.0. The number of rotatable bonds is 4. The smallest absolute Gasteiger partial charge is 0.203 e. The quantitative estimate of drug-likeness (QED) is 0.623. The van der Waals surface area contributed by atoms with E-state index in [2.05, 4.69) is 11.3 Å². The summed E-state index contributed by atoms with van der Waals surface area (Å²) in [6.45, 7) is 0. The largest absolute Gasteiger partial charge is 0.352 e. The zero-order valence-corrected chi connectivity index (χ0v) is 13.7. The zero-order valence-electron chi connectivity index (χ0n) is 13.0. The molecule has 4 rings (SSSR count). The van der Waals surface area contributed by atoms with Crippen molar-refractivity contribution >= 4 is 17.4 Å². The van der Waals surface area contributed by atoms with Gasteiger partial charge in [0.2, 0.25) is 11.5 Å². The Labute approximate surface area is 144 Å². The monoisotopic (exact) mass is 341 g/mol. The van der Waals surface area contributed by atoms with Crippen molar-refractivity contribution in [3.63, 3.8) is 0 Å². The molecule has 2 bridgehead atoms. The minimum Gasteiger partial charge on any atom is -0.352 e. The molecule has 2 saturated heterocycles.